The molecular weight excluding hydrogens is 450 g/mol. The van der Waals surface area contributed by atoms with Gasteiger partial charge in [-0.15, -0.1) is 11.3 Å². The van der Waals surface area contributed by atoms with Crippen molar-refractivity contribution in [2.45, 2.75) is 30.9 Å². The van der Waals surface area contributed by atoms with Gasteiger partial charge in [-0.25, -0.2) is 22.9 Å². The second kappa shape index (κ2) is 10.8. The summed E-state index contributed by atoms with van der Waals surface area (Å²) in [6.45, 7) is 4.29. The zero-order valence-electron chi connectivity index (χ0n) is 18.3. The van der Waals surface area contributed by atoms with E-state index in [1.807, 2.05) is 35.1 Å². The van der Waals surface area contributed by atoms with E-state index in [9.17, 15) is 13.2 Å². The van der Waals surface area contributed by atoms with Crippen molar-refractivity contribution in [2.75, 3.05) is 20.3 Å². The van der Waals surface area contributed by atoms with Crippen LogP contribution in [0.4, 0.5) is 4.79 Å². The van der Waals surface area contributed by atoms with Crippen LogP contribution in [0.25, 0.3) is 11.1 Å². The number of ether oxygens (including phenoxy) is 2. The van der Waals surface area contributed by atoms with Crippen LogP contribution in [0.3, 0.4) is 0 Å². The molecule has 2 heterocycles. The number of thiophene rings is 1. The van der Waals surface area contributed by atoms with E-state index in [-0.39, 0.29) is 17.4 Å². The van der Waals surface area contributed by atoms with Gasteiger partial charge in [0, 0.05) is 36.4 Å². The Morgan fingerprint density at radius 1 is 1.22 bits per heavy atom. The van der Waals surface area contributed by atoms with Gasteiger partial charge >= 0.3 is 6.09 Å². The monoisotopic (exact) mass is 477 g/mol. The molecule has 0 saturated heterocycles. The fraction of sp³-hybridized carbons (Fsp3) is 0.364. The summed E-state index contributed by atoms with van der Waals surface area (Å²) >= 11 is 1.17. The van der Waals surface area contributed by atoms with Crippen molar-refractivity contribution in [3.63, 3.8) is 0 Å². The van der Waals surface area contributed by atoms with E-state index in [0.29, 0.717) is 17.9 Å². The molecule has 3 aromatic rings. The number of amides is 1. The summed E-state index contributed by atoms with van der Waals surface area (Å²) in [4.78, 5) is 20.2. The first-order valence-electron chi connectivity index (χ1n) is 10.2. The molecule has 0 spiro atoms. The lowest BCUT2D eigenvalue weighted by Crippen LogP contribution is -2.31. The Kier molecular flexibility index (Phi) is 8.05. The van der Waals surface area contributed by atoms with Crippen molar-refractivity contribution in [3.8, 4) is 11.1 Å². The minimum absolute atomic E-state index is 0.0368. The second-order valence-electron chi connectivity index (χ2n) is 7.66. The number of aromatic nitrogens is 2. The maximum Gasteiger partial charge on any atom is 0.421 e. The van der Waals surface area contributed by atoms with Crippen molar-refractivity contribution < 1.29 is 22.7 Å². The number of imidazole rings is 1. The lowest BCUT2D eigenvalue weighted by molar-refractivity contribution is 0.102. The number of hydrogen-bond donors (Lipinski definition) is 2. The van der Waals surface area contributed by atoms with Crippen LogP contribution in [0.1, 0.15) is 30.1 Å². The summed E-state index contributed by atoms with van der Waals surface area (Å²) < 4.78 is 37.8. The molecule has 0 radical (unpaired) electrons. The lowest BCUT2D eigenvalue weighted by atomic mass is 10.0. The van der Waals surface area contributed by atoms with Crippen molar-refractivity contribution in [1.82, 2.24) is 14.7 Å². The first-order valence-corrected chi connectivity index (χ1v) is 12.5. The zero-order valence-corrected chi connectivity index (χ0v) is 19.9. The van der Waals surface area contributed by atoms with Crippen LogP contribution in [0, 0.1) is 5.92 Å². The molecule has 0 saturated carbocycles. The molecular formula is C22H27N3O5S2. The highest BCUT2D eigenvalue weighted by atomic mass is 32.2. The van der Waals surface area contributed by atoms with Crippen molar-refractivity contribution >= 4 is 27.5 Å². The third-order valence-corrected chi connectivity index (χ3v) is 7.54. The van der Waals surface area contributed by atoms with Crippen molar-refractivity contribution in [1.29, 1.82) is 0 Å². The predicted molar refractivity (Wildman–Crippen MR) is 123 cm³/mol. The Morgan fingerprint density at radius 2 is 1.97 bits per heavy atom. The van der Waals surface area contributed by atoms with Crippen LogP contribution in [0.5, 0.6) is 0 Å². The molecule has 10 heteroatoms. The Bertz CT molecular complexity index is 1120. The Hall–Kier alpha value is -2.69. The topological polar surface area (TPSA) is 110 Å². The van der Waals surface area contributed by atoms with Gasteiger partial charge in [0.15, 0.2) is 0 Å². The fourth-order valence-corrected chi connectivity index (χ4v) is 5.96. The Labute approximate surface area is 192 Å². The molecule has 1 aromatic carbocycles. The van der Waals surface area contributed by atoms with E-state index in [2.05, 4.69) is 23.8 Å². The van der Waals surface area contributed by atoms with Crippen molar-refractivity contribution in [3.05, 3.63) is 59.0 Å². The number of H-pyrrole nitrogens is 1. The molecule has 0 fully saturated rings. The average molecular weight is 478 g/mol. The van der Waals surface area contributed by atoms with Gasteiger partial charge in [0.25, 0.3) is 10.0 Å². The van der Waals surface area contributed by atoms with Crippen LogP contribution in [-0.2, 0) is 32.3 Å². The number of nitrogens with one attached hydrogen (secondary N) is 2. The van der Waals surface area contributed by atoms with Gasteiger partial charge in [-0.1, -0.05) is 38.1 Å². The number of carbonyl (C=O) groups is 1. The SMILES string of the molecule is COCCOC(=O)NS(=O)(=O)c1sc(CC(C)C)cc1-c1ccc(Cc2ncc[nH]2)cc1. The number of benzene rings is 1. The average Bonchev–Trinajstić information content (AvgIpc) is 3.38. The maximum absolute atomic E-state index is 13.0. The number of sulfonamides is 1. The van der Waals surface area contributed by atoms with Crippen LogP contribution >= 0.6 is 11.3 Å². The largest absolute Gasteiger partial charge is 0.446 e. The summed E-state index contributed by atoms with van der Waals surface area (Å²) in [5, 5.41) is 0. The van der Waals surface area contributed by atoms with E-state index >= 15 is 0 Å². The summed E-state index contributed by atoms with van der Waals surface area (Å²) in [5.74, 6) is 1.21. The zero-order chi connectivity index (χ0) is 23.1. The third kappa shape index (κ3) is 6.41. The molecule has 0 unspecified atom stereocenters. The van der Waals surface area contributed by atoms with Crippen molar-refractivity contribution in [2.24, 2.45) is 5.92 Å². The number of hydrogen-bond acceptors (Lipinski definition) is 7. The minimum atomic E-state index is -4.10. The van der Waals surface area contributed by atoms with Crippen LogP contribution in [0.15, 0.2) is 46.9 Å². The van der Waals surface area contributed by atoms with E-state index in [1.54, 1.807) is 12.4 Å². The standard InChI is InChI=1S/C22H27N3O5S2/c1-15(2)12-18-14-19(17-6-4-16(5-7-17)13-20-23-8-9-24-20)21(31-18)32(27,28)25-22(26)30-11-10-29-3/h4-9,14-15H,10-13H2,1-3H3,(H,23,24)(H,25,26). The molecule has 1 amide bonds. The highest BCUT2D eigenvalue weighted by Gasteiger charge is 2.26. The first-order chi connectivity index (χ1) is 15.3. The van der Waals surface area contributed by atoms with E-state index < -0.39 is 16.1 Å². The number of aromatic amines is 1. The number of carbonyl (C=O) groups excluding carboxylic acids is 1. The summed E-state index contributed by atoms with van der Waals surface area (Å²) in [5.41, 5.74) is 2.37. The van der Waals surface area contributed by atoms with Gasteiger partial charge < -0.3 is 14.5 Å². The molecule has 2 aromatic heterocycles. The third-order valence-electron chi connectivity index (χ3n) is 4.53. The summed E-state index contributed by atoms with van der Waals surface area (Å²) in [7, 11) is -2.64. The summed E-state index contributed by atoms with van der Waals surface area (Å²) in [6.07, 6.45) is 3.84. The maximum atomic E-state index is 13.0. The molecule has 0 bridgehead atoms. The normalized spacial score (nSPS) is 11.6. The van der Waals surface area contributed by atoms with Gasteiger partial charge in [-0.3, -0.25) is 0 Å². The lowest BCUT2D eigenvalue weighted by Gasteiger charge is -2.09. The van der Waals surface area contributed by atoms with Crippen LogP contribution in [-0.4, -0.2) is 44.8 Å². The molecule has 32 heavy (non-hydrogen) atoms. The minimum Gasteiger partial charge on any atom is -0.446 e. The Morgan fingerprint density at radius 3 is 2.59 bits per heavy atom. The van der Waals surface area contributed by atoms with Gasteiger partial charge in [-0.05, 0) is 29.5 Å². The molecule has 0 atom stereocenters. The first kappa shape index (κ1) is 24.0. The quantitative estimate of drug-likeness (QED) is 0.427. The van der Waals surface area contributed by atoms with Gasteiger partial charge in [0.1, 0.15) is 16.6 Å². The molecule has 3 rings (SSSR count). The number of methoxy groups -OCH3 is 1. The predicted octanol–water partition coefficient (Wildman–Crippen LogP) is 3.99. The Balaban J connectivity index is 1.87. The van der Waals surface area contributed by atoms with Crippen LogP contribution in [0.2, 0.25) is 0 Å². The summed E-state index contributed by atoms with van der Waals surface area (Å²) in [6, 6.07) is 9.54. The smallest absolute Gasteiger partial charge is 0.421 e. The molecule has 0 aliphatic rings. The molecule has 8 nitrogen and oxygen atoms in total. The van der Waals surface area contributed by atoms with E-state index in [0.717, 1.165) is 28.2 Å². The highest BCUT2D eigenvalue weighted by Crippen LogP contribution is 2.36. The fourth-order valence-electron chi connectivity index (χ4n) is 3.12. The number of rotatable bonds is 10. The van der Waals surface area contributed by atoms with E-state index in [1.165, 1.54) is 18.4 Å². The number of nitrogens with zero attached hydrogens (tertiary/aromatic N) is 1. The molecule has 2 N–H and O–H groups in total. The van der Waals surface area contributed by atoms with E-state index in [4.69, 9.17) is 9.47 Å². The molecule has 172 valence electrons. The molecule has 0 aliphatic carbocycles. The highest BCUT2D eigenvalue weighted by molar-refractivity contribution is 7.92. The van der Waals surface area contributed by atoms with Gasteiger partial charge in [0.05, 0.1) is 6.61 Å². The molecule has 0 aliphatic heterocycles. The van der Waals surface area contributed by atoms with Crippen LogP contribution < -0.4 is 4.72 Å². The van der Waals surface area contributed by atoms with Gasteiger partial charge in [0.2, 0.25) is 0 Å². The second-order valence-corrected chi connectivity index (χ2v) is 10.7. The van der Waals surface area contributed by atoms with Gasteiger partial charge in [-0.2, -0.15) is 0 Å².